The average molecular weight is 286 g/mol. The van der Waals surface area contributed by atoms with Crippen molar-refractivity contribution in [2.45, 2.75) is 33.8 Å². The van der Waals surface area contributed by atoms with Gasteiger partial charge in [0.15, 0.2) is 5.82 Å². The number of rotatable bonds is 5. The van der Waals surface area contributed by atoms with E-state index in [9.17, 15) is 0 Å². The average Bonchev–Trinajstić information content (AvgIpc) is 2.43. The van der Waals surface area contributed by atoms with E-state index in [1.165, 1.54) is 11.9 Å². The van der Waals surface area contributed by atoms with E-state index < -0.39 is 0 Å². The Kier molecular flexibility index (Phi) is 4.62. The second kappa shape index (κ2) is 6.43. The lowest BCUT2D eigenvalue weighted by molar-refractivity contribution is 0.234. The lowest BCUT2D eigenvalue weighted by atomic mass is 10.2. The molecule has 2 rings (SSSR count). The fourth-order valence-corrected chi connectivity index (χ4v) is 2.15. The van der Waals surface area contributed by atoms with Crippen molar-refractivity contribution in [2.24, 2.45) is 0 Å². The minimum Gasteiger partial charge on any atom is -0.473 e. The predicted octanol–water partition coefficient (Wildman–Crippen LogP) is 3.31. The molecule has 0 spiro atoms. The SMILES string of the molecule is CCN(c1cccc(C)c1)c1ncnc(OC(C)C)c1N. The number of hydrogen-bond donors (Lipinski definition) is 1. The highest BCUT2D eigenvalue weighted by Gasteiger charge is 2.17. The molecule has 0 unspecified atom stereocenters. The third-order valence-electron chi connectivity index (χ3n) is 3.06. The number of ether oxygens (including phenoxy) is 1. The smallest absolute Gasteiger partial charge is 0.242 e. The summed E-state index contributed by atoms with van der Waals surface area (Å²) in [4.78, 5) is 10.5. The summed E-state index contributed by atoms with van der Waals surface area (Å²) in [5, 5.41) is 0. The first-order chi connectivity index (χ1) is 10.0. The molecule has 0 aliphatic heterocycles. The molecule has 0 fully saturated rings. The Labute approximate surface area is 125 Å². The second-order valence-electron chi connectivity index (χ2n) is 5.17. The Morgan fingerprint density at radius 2 is 2.05 bits per heavy atom. The van der Waals surface area contributed by atoms with Gasteiger partial charge in [0.2, 0.25) is 5.88 Å². The van der Waals surface area contributed by atoms with Gasteiger partial charge in [-0.2, -0.15) is 4.98 Å². The van der Waals surface area contributed by atoms with Crippen LogP contribution in [-0.2, 0) is 0 Å². The van der Waals surface area contributed by atoms with Crippen molar-refractivity contribution in [3.63, 3.8) is 0 Å². The standard InChI is InChI=1S/C16H22N4O/c1-5-20(13-8-6-7-12(4)9-13)15-14(17)16(19-10-18-15)21-11(2)3/h6-11H,5,17H2,1-4H3. The molecule has 5 nitrogen and oxygen atoms in total. The zero-order chi connectivity index (χ0) is 15.4. The second-order valence-corrected chi connectivity index (χ2v) is 5.17. The molecule has 0 aliphatic rings. The number of anilines is 3. The van der Waals surface area contributed by atoms with E-state index in [1.54, 1.807) is 0 Å². The van der Waals surface area contributed by atoms with Crippen LogP contribution in [0.3, 0.4) is 0 Å². The van der Waals surface area contributed by atoms with Crippen LogP contribution in [0.5, 0.6) is 5.88 Å². The van der Waals surface area contributed by atoms with Crippen molar-refractivity contribution in [3.05, 3.63) is 36.2 Å². The molecule has 21 heavy (non-hydrogen) atoms. The van der Waals surface area contributed by atoms with E-state index in [2.05, 4.69) is 40.8 Å². The van der Waals surface area contributed by atoms with Crippen LogP contribution in [0.15, 0.2) is 30.6 Å². The maximum absolute atomic E-state index is 6.19. The minimum atomic E-state index is 0.0177. The zero-order valence-corrected chi connectivity index (χ0v) is 13.0. The van der Waals surface area contributed by atoms with Crippen LogP contribution in [0.25, 0.3) is 0 Å². The number of aromatic nitrogens is 2. The summed E-state index contributed by atoms with van der Waals surface area (Å²) in [6, 6.07) is 8.24. The number of benzene rings is 1. The first-order valence-corrected chi connectivity index (χ1v) is 7.14. The highest BCUT2D eigenvalue weighted by molar-refractivity contribution is 5.74. The van der Waals surface area contributed by atoms with Gasteiger partial charge in [0.05, 0.1) is 6.10 Å². The van der Waals surface area contributed by atoms with Gasteiger partial charge in [-0.25, -0.2) is 4.98 Å². The summed E-state index contributed by atoms with van der Waals surface area (Å²) >= 11 is 0. The van der Waals surface area contributed by atoms with Gasteiger partial charge in [-0.1, -0.05) is 12.1 Å². The first kappa shape index (κ1) is 15.1. The highest BCUT2D eigenvalue weighted by Crippen LogP contribution is 2.33. The molecular formula is C16H22N4O. The summed E-state index contributed by atoms with van der Waals surface area (Å²) < 4.78 is 5.64. The summed E-state index contributed by atoms with van der Waals surface area (Å²) in [6.07, 6.45) is 1.51. The topological polar surface area (TPSA) is 64.3 Å². The molecule has 5 heteroatoms. The third kappa shape index (κ3) is 3.42. The van der Waals surface area contributed by atoms with Crippen LogP contribution in [0.1, 0.15) is 26.3 Å². The molecule has 0 saturated heterocycles. The molecule has 2 aromatic rings. The van der Waals surface area contributed by atoms with E-state index in [0.717, 1.165) is 12.2 Å². The fraction of sp³-hybridized carbons (Fsp3) is 0.375. The van der Waals surface area contributed by atoms with Crippen molar-refractivity contribution < 1.29 is 4.74 Å². The Hall–Kier alpha value is -2.30. The number of aryl methyl sites for hydroxylation is 1. The van der Waals surface area contributed by atoms with Crippen molar-refractivity contribution in [1.29, 1.82) is 0 Å². The van der Waals surface area contributed by atoms with Crippen molar-refractivity contribution in [2.75, 3.05) is 17.2 Å². The highest BCUT2D eigenvalue weighted by atomic mass is 16.5. The quantitative estimate of drug-likeness (QED) is 0.913. The largest absolute Gasteiger partial charge is 0.473 e. The normalized spacial score (nSPS) is 10.7. The number of nitrogen functional groups attached to an aromatic ring is 1. The Morgan fingerprint density at radius 1 is 1.29 bits per heavy atom. The summed E-state index contributed by atoms with van der Waals surface area (Å²) in [5.74, 6) is 1.11. The number of nitrogens with zero attached hydrogens (tertiary/aromatic N) is 3. The Bertz CT molecular complexity index is 613. The van der Waals surface area contributed by atoms with Crippen LogP contribution in [0.4, 0.5) is 17.2 Å². The molecule has 0 atom stereocenters. The van der Waals surface area contributed by atoms with Gasteiger partial charge in [0.25, 0.3) is 0 Å². The molecule has 1 aromatic heterocycles. The molecule has 1 aromatic carbocycles. The molecule has 0 saturated carbocycles. The monoisotopic (exact) mass is 286 g/mol. The van der Waals surface area contributed by atoms with E-state index in [0.29, 0.717) is 17.4 Å². The molecule has 0 radical (unpaired) electrons. The van der Waals surface area contributed by atoms with E-state index in [4.69, 9.17) is 10.5 Å². The van der Waals surface area contributed by atoms with Crippen molar-refractivity contribution in [3.8, 4) is 5.88 Å². The molecule has 112 valence electrons. The Balaban J connectivity index is 2.43. The van der Waals surface area contributed by atoms with Gasteiger partial charge in [-0.15, -0.1) is 0 Å². The fourth-order valence-electron chi connectivity index (χ4n) is 2.15. The van der Waals surface area contributed by atoms with Gasteiger partial charge < -0.3 is 15.4 Å². The Morgan fingerprint density at radius 3 is 2.67 bits per heavy atom. The predicted molar refractivity (Wildman–Crippen MR) is 86.1 cm³/mol. The van der Waals surface area contributed by atoms with Crippen LogP contribution in [0, 0.1) is 6.92 Å². The van der Waals surface area contributed by atoms with Crippen LogP contribution in [0.2, 0.25) is 0 Å². The van der Waals surface area contributed by atoms with Gasteiger partial charge in [0.1, 0.15) is 12.0 Å². The summed E-state index contributed by atoms with van der Waals surface area (Å²) in [7, 11) is 0. The molecule has 1 heterocycles. The van der Waals surface area contributed by atoms with Crippen LogP contribution in [-0.4, -0.2) is 22.6 Å². The zero-order valence-electron chi connectivity index (χ0n) is 13.0. The van der Waals surface area contributed by atoms with Gasteiger partial charge in [-0.05, 0) is 45.4 Å². The van der Waals surface area contributed by atoms with Gasteiger partial charge in [0, 0.05) is 12.2 Å². The lowest BCUT2D eigenvalue weighted by Gasteiger charge is -2.24. The first-order valence-electron chi connectivity index (χ1n) is 7.14. The van der Waals surface area contributed by atoms with Crippen molar-refractivity contribution in [1.82, 2.24) is 9.97 Å². The molecule has 0 aliphatic carbocycles. The number of hydrogen-bond acceptors (Lipinski definition) is 5. The lowest BCUT2D eigenvalue weighted by Crippen LogP contribution is -2.20. The third-order valence-corrected chi connectivity index (χ3v) is 3.06. The van der Waals surface area contributed by atoms with Crippen LogP contribution < -0.4 is 15.4 Å². The van der Waals surface area contributed by atoms with Gasteiger partial charge >= 0.3 is 0 Å². The van der Waals surface area contributed by atoms with Gasteiger partial charge in [-0.3, -0.25) is 0 Å². The molecule has 0 amide bonds. The van der Waals surface area contributed by atoms with E-state index in [-0.39, 0.29) is 6.10 Å². The summed E-state index contributed by atoms with van der Waals surface area (Å²) in [5.41, 5.74) is 8.90. The van der Waals surface area contributed by atoms with E-state index in [1.807, 2.05) is 26.0 Å². The molecular weight excluding hydrogens is 264 g/mol. The van der Waals surface area contributed by atoms with E-state index >= 15 is 0 Å². The maximum atomic E-state index is 6.19. The minimum absolute atomic E-state index is 0.0177. The summed E-state index contributed by atoms with van der Waals surface area (Å²) in [6.45, 7) is 8.77. The maximum Gasteiger partial charge on any atom is 0.242 e. The number of nitrogens with two attached hydrogens (primary N) is 1. The van der Waals surface area contributed by atoms with Crippen LogP contribution >= 0.6 is 0 Å². The van der Waals surface area contributed by atoms with Crippen molar-refractivity contribution >= 4 is 17.2 Å². The molecule has 2 N–H and O–H groups in total. The molecule has 0 bridgehead atoms.